The highest BCUT2D eigenvalue weighted by Gasteiger charge is 2.20. The quantitative estimate of drug-likeness (QED) is 0.777. The minimum atomic E-state index is -0.538. The Bertz CT molecular complexity index is 957. The largest absolute Gasteiger partial charge is 0.365 e. The number of benzene rings is 1. The molecule has 2 aromatic heterocycles. The van der Waals surface area contributed by atoms with Crippen molar-refractivity contribution in [3.8, 4) is 11.3 Å². The predicted octanol–water partition coefficient (Wildman–Crippen LogP) is 1.27. The van der Waals surface area contributed by atoms with Gasteiger partial charge in [-0.05, 0) is 24.1 Å². The summed E-state index contributed by atoms with van der Waals surface area (Å²) in [7, 11) is 0. The molecular formula is C18H17N5O2. The Morgan fingerprint density at radius 3 is 2.48 bits per heavy atom. The number of carbonyl (C=O) groups is 2. The Labute approximate surface area is 144 Å². The van der Waals surface area contributed by atoms with Crippen LogP contribution in [-0.4, -0.2) is 44.4 Å². The topological polar surface area (TPSA) is 93.6 Å². The molecule has 0 unspecified atom stereocenters. The first-order chi connectivity index (χ1) is 12.1. The van der Waals surface area contributed by atoms with Crippen molar-refractivity contribution in [2.45, 2.75) is 12.8 Å². The van der Waals surface area contributed by atoms with Gasteiger partial charge in [0.15, 0.2) is 5.65 Å². The van der Waals surface area contributed by atoms with E-state index in [4.69, 9.17) is 5.73 Å². The van der Waals surface area contributed by atoms with E-state index in [9.17, 15) is 9.59 Å². The average molecular weight is 335 g/mol. The van der Waals surface area contributed by atoms with E-state index in [0.717, 1.165) is 36.3 Å². The number of amides is 2. The lowest BCUT2D eigenvalue weighted by Crippen LogP contribution is -2.42. The van der Waals surface area contributed by atoms with Gasteiger partial charge in [0.2, 0.25) is 5.91 Å². The zero-order chi connectivity index (χ0) is 17.4. The molecule has 1 aliphatic heterocycles. The van der Waals surface area contributed by atoms with Gasteiger partial charge in [0.1, 0.15) is 6.33 Å². The molecule has 25 heavy (non-hydrogen) atoms. The molecule has 0 atom stereocenters. The van der Waals surface area contributed by atoms with E-state index in [2.05, 4.69) is 10.1 Å². The molecule has 1 aromatic carbocycles. The second-order valence-electron chi connectivity index (χ2n) is 6.10. The molecule has 3 heterocycles. The number of nitrogens with zero attached hydrogens (tertiary/aromatic N) is 4. The zero-order valence-corrected chi connectivity index (χ0v) is 13.6. The Morgan fingerprint density at radius 1 is 1.08 bits per heavy atom. The molecule has 0 bridgehead atoms. The fourth-order valence-electron chi connectivity index (χ4n) is 2.97. The highest BCUT2D eigenvalue weighted by molar-refractivity contribution is 5.99. The summed E-state index contributed by atoms with van der Waals surface area (Å²) in [5, 5.41) is 4.19. The predicted molar refractivity (Wildman–Crippen MR) is 91.8 cm³/mol. The van der Waals surface area contributed by atoms with Crippen LogP contribution in [0.2, 0.25) is 0 Å². The van der Waals surface area contributed by atoms with Crippen LogP contribution in [0.5, 0.6) is 0 Å². The van der Waals surface area contributed by atoms with Crippen molar-refractivity contribution in [3.05, 3.63) is 53.9 Å². The minimum absolute atomic E-state index is 0.170. The van der Waals surface area contributed by atoms with Gasteiger partial charge in [0.05, 0.1) is 17.7 Å². The van der Waals surface area contributed by atoms with Gasteiger partial charge in [-0.1, -0.05) is 24.3 Å². The second kappa shape index (κ2) is 6.01. The van der Waals surface area contributed by atoms with Crippen molar-refractivity contribution in [3.63, 3.8) is 0 Å². The summed E-state index contributed by atoms with van der Waals surface area (Å²) in [6, 6.07) is 11.2. The van der Waals surface area contributed by atoms with Crippen molar-refractivity contribution in [2.24, 2.45) is 5.73 Å². The van der Waals surface area contributed by atoms with Crippen LogP contribution in [0.3, 0.4) is 0 Å². The molecule has 1 aliphatic rings. The molecule has 1 fully saturated rings. The lowest BCUT2D eigenvalue weighted by atomic mass is 10.0. The first-order valence-corrected chi connectivity index (χ1v) is 8.13. The number of hydrogen-bond acceptors (Lipinski definition) is 4. The van der Waals surface area contributed by atoms with E-state index in [1.807, 2.05) is 29.2 Å². The summed E-state index contributed by atoms with van der Waals surface area (Å²) < 4.78 is 1.60. The number of primary amides is 1. The summed E-state index contributed by atoms with van der Waals surface area (Å²) in [6.07, 6.45) is 2.91. The van der Waals surface area contributed by atoms with Crippen LogP contribution < -0.4 is 5.73 Å². The van der Waals surface area contributed by atoms with E-state index in [0.29, 0.717) is 17.6 Å². The molecule has 7 heteroatoms. The Balaban J connectivity index is 1.63. The normalized spacial score (nSPS) is 13.7. The molecule has 7 nitrogen and oxygen atoms in total. The summed E-state index contributed by atoms with van der Waals surface area (Å²) in [5.74, 6) is -0.368. The van der Waals surface area contributed by atoms with Crippen molar-refractivity contribution in [1.29, 1.82) is 0 Å². The first kappa shape index (κ1) is 15.3. The maximum atomic E-state index is 12.1. The molecular weight excluding hydrogens is 318 g/mol. The number of aromatic nitrogens is 3. The molecule has 4 rings (SSSR count). The lowest BCUT2D eigenvalue weighted by molar-refractivity contribution is -0.133. The Kier molecular flexibility index (Phi) is 3.68. The molecule has 0 aliphatic carbocycles. The Morgan fingerprint density at radius 2 is 1.84 bits per heavy atom. The average Bonchev–Trinajstić information content (AvgIpc) is 3.02. The van der Waals surface area contributed by atoms with Crippen LogP contribution in [0, 0.1) is 0 Å². The van der Waals surface area contributed by atoms with E-state index >= 15 is 0 Å². The van der Waals surface area contributed by atoms with Crippen molar-refractivity contribution < 1.29 is 9.59 Å². The summed E-state index contributed by atoms with van der Waals surface area (Å²) in [4.78, 5) is 29.5. The second-order valence-corrected chi connectivity index (χ2v) is 6.10. The fraction of sp³-hybridized carbons (Fsp3) is 0.222. The fourth-order valence-corrected chi connectivity index (χ4v) is 2.97. The van der Waals surface area contributed by atoms with Gasteiger partial charge in [0, 0.05) is 18.7 Å². The lowest BCUT2D eigenvalue weighted by Gasteiger charge is -2.30. The first-order valence-electron chi connectivity index (χ1n) is 8.13. The molecule has 0 spiro atoms. The molecule has 0 saturated carbocycles. The zero-order valence-electron chi connectivity index (χ0n) is 13.6. The van der Waals surface area contributed by atoms with Crippen LogP contribution in [0.1, 0.15) is 22.3 Å². The van der Waals surface area contributed by atoms with Crippen LogP contribution >= 0.6 is 0 Å². The van der Waals surface area contributed by atoms with E-state index in [-0.39, 0.29) is 5.91 Å². The third-order valence-corrected chi connectivity index (χ3v) is 4.50. The third-order valence-electron chi connectivity index (χ3n) is 4.50. The van der Waals surface area contributed by atoms with Gasteiger partial charge in [-0.15, -0.1) is 0 Å². The number of pyridine rings is 1. The van der Waals surface area contributed by atoms with Crippen LogP contribution in [0.4, 0.5) is 0 Å². The Hall–Kier alpha value is -3.22. The van der Waals surface area contributed by atoms with E-state index < -0.39 is 5.91 Å². The molecule has 0 radical (unpaired) electrons. The standard InChI is InChI=1S/C18H17N5O2/c19-17(25)14-6-7-15(23-18(14)20-11-21-23)13-4-2-12(3-5-13)10-16(24)22-8-1-9-22/h2-7,11H,1,8-10H2,(H2,19,25). The summed E-state index contributed by atoms with van der Waals surface area (Å²) >= 11 is 0. The number of fused-ring (bicyclic) bond motifs is 1. The number of nitrogens with two attached hydrogens (primary N) is 1. The maximum absolute atomic E-state index is 12.1. The highest BCUT2D eigenvalue weighted by Crippen LogP contribution is 2.22. The summed E-state index contributed by atoms with van der Waals surface area (Å²) in [6.45, 7) is 1.74. The number of likely N-dealkylation sites (tertiary alicyclic amines) is 1. The monoisotopic (exact) mass is 335 g/mol. The highest BCUT2D eigenvalue weighted by atomic mass is 16.2. The van der Waals surface area contributed by atoms with Crippen LogP contribution in [-0.2, 0) is 11.2 Å². The maximum Gasteiger partial charge on any atom is 0.252 e. The van der Waals surface area contributed by atoms with Crippen LogP contribution in [0.25, 0.3) is 16.9 Å². The number of carbonyl (C=O) groups excluding carboxylic acids is 2. The molecule has 2 N–H and O–H groups in total. The smallest absolute Gasteiger partial charge is 0.252 e. The van der Waals surface area contributed by atoms with Gasteiger partial charge in [-0.3, -0.25) is 9.59 Å². The third kappa shape index (κ3) is 2.73. The van der Waals surface area contributed by atoms with Crippen molar-refractivity contribution in [1.82, 2.24) is 19.5 Å². The van der Waals surface area contributed by atoms with Gasteiger partial charge in [-0.25, -0.2) is 9.50 Å². The SMILES string of the molecule is NC(=O)c1ccc(-c2ccc(CC(=O)N3CCC3)cc2)n2ncnc12. The van der Waals surface area contributed by atoms with Crippen molar-refractivity contribution in [2.75, 3.05) is 13.1 Å². The van der Waals surface area contributed by atoms with Crippen LogP contribution in [0.15, 0.2) is 42.7 Å². The summed E-state index contributed by atoms with van der Waals surface area (Å²) in [5.41, 5.74) is 8.85. The number of rotatable bonds is 4. The molecule has 1 saturated heterocycles. The minimum Gasteiger partial charge on any atom is -0.365 e. The van der Waals surface area contributed by atoms with Crippen molar-refractivity contribution >= 4 is 17.5 Å². The van der Waals surface area contributed by atoms with Gasteiger partial charge < -0.3 is 10.6 Å². The van der Waals surface area contributed by atoms with Gasteiger partial charge >= 0.3 is 0 Å². The molecule has 126 valence electrons. The van der Waals surface area contributed by atoms with E-state index in [1.54, 1.807) is 16.6 Å². The van der Waals surface area contributed by atoms with E-state index in [1.165, 1.54) is 6.33 Å². The molecule has 3 aromatic rings. The van der Waals surface area contributed by atoms with Gasteiger partial charge in [0.25, 0.3) is 5.91 Å². The number of hydrogen-bond donors (Lipinski definition) is 1. The van der Waals surface area contributed by atoms with Gasteiger partial charge in [-0.2, -0.15) is 5.10 Å². The molecule has 2 amide bonds.